The number of ether oxygens (including phenoxy) is 1. The lowest BCUT2D eigenvalue weighted by Crippen LogP contribution is -2.38. The summed E-state index contributed by atoms with van der Waals surface area (Å²) in [5.41, 5.74) is 0.354. The number of anilines is 1. The molecule has 7 nitrogen and oxygen atoms in total. The highest BCUT2D eigenvalue weighted by Gasteiger charge is 2.22. The fourth-order valence-electron chi connectivity index (χ4n) is 3.71. The van der Waals surface area contributed by atoms with E-state index >= 15 is 0 Å². The van der Waals surface area contributed by atoms with Crippen LogP contribution in [0, 0.1) is 11.6 Å². The van der Waals surface area contributed by atoms with Gasteiger partial charge in [0, 0.05) is 24.9 Å². The highest BCUT2D eigenvalue weighted by molar-refractivity contribution is 5.92. The van der Waals surface area contributed by atoms with Gasteiger partial charge in [-0.2, -0.15) is 0 Å². The Balaban J connectivity index is 1.51. The Labute approximate surface area is 177 Å². The second-order valence-corrected chi connectivity index (χ2v) is 7.54. The molecule has 162 valence electrons. The molecule has 0 radical (unpaired) electrons. The monoisotopic (exact) mass is 428 g/mol. The molecule has 1 fully saturated rings. The minimum atomic E-state index is -0.774. The van der Waals surface area contributed by atoms with Crippen LogP contribution in [0.1, 0.15) is 18.7 Å². The fraction of sp³-hybridized carbons (Fsp3) is 0.318. The predicted molar refractivity (Wildman–Crippen MR) is 112 cm³/mol. The van der Waals surface area contributed by atoms with Crippen molar-refractivity contribution >= 4 is 22.5 Å². The van der Waals surface area contributed by atoms with Gasteiger partial charge in [-0.1, -0.05) is 12.1 Å². The van der Waals surface area contributed by atoms with Crippen molar-refractivity contribution in [2.24, 2.45) is 0 Å². The first-order valence-corrected chi connectivity index (χ1v) is 10.0. The first-order chi connectivity index (χ1) is 15.0. The van der Waals surface area contributed by atoms with Gasteiger partial charge in [0.15, 0.2) is 0 Å². The molecule has 1 aliphatic heterocycles. The molecule has 1 saturated heterocycles. The molecular weight excluding hydrogens is 406 g/mol. The Hall–Kier alpha value is -3.17. The van der Waals surface area contributed by atoms with Gasteiger partial charge >= 0.3 is 0 Å². The van der Waals surface area contributed by atoms with Crippen LogP contribution < -0.4 is 10.9 Å². The summed E-state index contributed by atoms with van der Waals surface area (Å²) in [5.74, 6) is -1.56. The lowest BCUT2D eigenvalue weighted by molar-refractivity contribution is -0.117. The number of H-pyrrole nitrogens is 1. The first kappa shape index (κ1) is 21.1. The van der Waals surface area contributed by atoms with E-state index < -0.39 is 17.5 Å². The first-order valence-electron chi connectivity index (χ1n) is 10.0. The Kier molecular flexibility index (Phi) is 6.34. The average molecular weight is 428 g/mol. The standard InChI is InChI=1S/C22H22F2N4O3/c23-14-8-15(24)10-16(9-14)25-21(29)13-28(11-17-4-3-7-31-17)12-20-26-19-6-2-1-5-18(19)22(30)27-20/h1-2,5-6,8-10,17H,3-4,7,11-13H2,(H,25,29)(H,26,27,30)/t17-/m1/s1. The van der Waals surface area contributed by atoms with Crippen molar-refractivity contribution in [3.05, 3.63) is 70.3 Å². The van der Waals surface area contributed by atoms with E-state index in [2.05, 4.69) is 15.3 Å². The fourth-order valence-corrected chi connectivity index (χ4v) is 3.71. The van der Waals surface area contributed by atoms with Crippen LogP contribution in [0.4, 0.5) is 14.5 Å². The van der Waals surface area contributed by atoms with Gasteiger partial charge in [0.05, 0.1) is 30.1 Å². The zero-order valence-electron chi connectivity index (χ0n) is 16.7. The van der Waals surface area contributed by atoms with Crippen molar-refractivity contribution < 1.29 is 18.3 Å². The highest BCUT2D eigenvalue weighted by Crippen LogP contribution is 2.16. The largest absolute Gasteiger partial charge is 0.377 e. The summed E-state index contributed by atoms with van der Waals surface area (Å²) < 4.78 is 32.5. The number of carbonyl (C=O) groups excluding carboxylic acids is 1. The van der Waals surface area contributed by atoms with Gasteiger partial charge in [0.2, 0.25) is 5.91 Å². The van der Waals surface area contributed by atoms with Gasteiger partial charge in [-0.3, -0.25) is 14.5 Å². The van der Waals surface area contributed by atoms with Crippen molar-refractivity contribution in [2.45, 2.75) is 25.5 Å². The van der Waals surface area contributed by atoms with Gasteiger partial charge in [-0.05, 0) is 37.1 Å². The van der Waals surface area contributed by atoms with Gasteiger partial charge in [-0.25, -0.2) is 13.8 Å². The number of nitrogens with zero attached hydrogens (tertiary/aromatic N) is 2. The number of halogens is 2. The molecule has 1 aromatic heterocycles. The van der Waals surface area contributed by atoms with E-state index in [1.165, 1.54) is 0 Å². The molecule has 31 heavy (non-hydrogen) atoms. The smallest absolute Gasteiger partial charge is 0.258 e. The summed E-state index contributed by atoms with van der Waals surface area (Å²) in [6, 6.07) is 9.85. The maximum Gasteiger partial charge on any atom is 0.258 e. The molecule has 1 atom stereocenters. The summed E-state index contributed by atoms with van der Waals surface area (Å²) in [6.07, 6.45) is 1.78. The number of aromatic nitrogens is 2. The van der Waals surface area contributed by atoms with E-state index in [4.69, 9.17) is 4.74 Å². The van der Waals surface area contributed by atoms with Crippen LogP contribution in [-0.4, -0.2) is 46.6 Å². The third kappa shape index (κ3) is 5.50. The molecule has 1 aliphatic rings. The molecular formula is C22H22F2N4O3. The second kappa shape index (κ2) is 9.32. The number of rotatable bonds is 7. The number of aromatic amines is 1. The molecule has 1 amide bonds. The molecule has 2 heterocycles. The third-order valence-corrected chi connectivity index (χ3v) is 5.03. The van der Waals surface area contributed by atoms with E-state index in [0.29, 0.717) is 29.9 Å². The molecule has 2 N–H and O–H groups in total. The number of fused-ring (bicyclic) bond motifs is 1. The van der Waals surface area contributed by atoms with E-state index in [1.807, 2.05) is 0 Å². The Morgan fingerprint density at radius 1 is 1.23 bits per heavy atom. The summed E-state index contributed by atoms with van der Waals surface area (Å²) in [4.78, 5) is 34.0. The number of benzene rings is 2. The number of hydrogen-bond acceptors (Lipinski definition) is 5. The maximum absolute atomic E-state index is 13.4. The van der Waals surface area contributed by atoms with Gasteiger partial charge in [0.1, 0.15) is 17.5 Å². The molecule has 4 rings (SSSR count). The molecule has 0 saturated carbocycles. The van der Waals surface area contributed by atoms with Crippen molar-refractivity contribution in [3.63, 3.8) is 0 Å². The molecule has 0 unspecified atom stereocenters. The van der Waals surface area contributed by atoms with Crippen LogP contribution in [-0.2, 0) is 16.1 Å². The SMILES string of the molecule is O=C(CN(Cc1nc2ccccc2c(=O)[nH]1)C[C@H]1CCCO1)Nc1cc(F)cc(F)c1. The van der Waals surface area contributed by atoms with Crippen LogP contribution in [0.3, 0.4) is 0 Å². The topological polar surface area (TPSA) is 87.3 Å². The summed E-state index contributed by atoms with van der Waals surface area (Å²) >= 11 is 0. The lowest BCUT2D eigenvalue weighted by Gasteiger charge is -2.24. The molecule has 0 bridgehead atoms. The number of hydrogen-bond donors (Lipinski definition) is 2. The summed E-state index contributed by atoms with van der Waals surface area (Å²) in [7, 11) is 0. The van der Waals surface area contributed by atoms with Crippen LogP contribution in [0.25, 0.3) is 10.9 Å². The van der Waals surface area contributed by atoms with Crippen LogP contribution in [0.15, 0.2) is 47.3 Å². The zero-order chi connectivity index (χ0) is 21.8. The van der Waals surface area contributed by atoms with Crippen molar-refractivity contribution in [1.29, 1.82) is 0 Å². The van der Waals surface area contributed by atoms with Crippen LogP contribution in [0.2, 0.25) is 0 Å². The number of amides is 1. The lowest BCUT2D eigenvalue weighted by atomic mass is 10.2. The molecule has 0 aliphatic carbocycles. The minimum Gasteiger partial charge on any atom is -0.377 e. The third-order valence-electron chi connectivity index (χ3n) is 5.03. The molecule has 3 aromatic rings. The number of carbonyl (C=O) groups is 1. The quantitative estimate of drug-likeness (QED) is 0.604. The Morgan fingerprint density at radius 3 is 2.74 bits per heavy atom. The average Bonchev–Trinajstić information content (AvgIpc) is 3.20. The molecule has 0 spiro atoms. The maximum atomic E-state index is 13.4. The van der Waals surface area contributed by atoms with Crippen LogP contribution in [0.5, 0.6) is 0 Å². The van der Waals surface area contributed by atoms with E-state index in [1.54, 1.807) is 29.2 Å². The minimum absolute atomic E-state index is 0.0356. The predicted octanol–water partition coefficient (Wildman–Crippen LogP) is 2.82. The van der Waals surface area contributed by atoms with Crippen molar-refractivity contribution in [2.75, 3.05) is 25.0 Å². The number of nitrogens with one attached hydrogen (secondary N) is 2. The van der Waals surface area contributed by atoms with E-state index in [0.717, 1.165) is 31.0 Å². The molecule has 2 aromatic carbocycles. The van der Waals surface area contributed by atoms with Gasteiger partial charge in [-0.15, -0.1) is 0 Å². The summed E-state index contributed by atoms with van der Waals surface area (Å²) in [6.45, 7) is 1.28. The second-order valence-electron chi connectivity index (χ2n) is 7.54. The normalized spacial score (nSPS) is 16.2. The van der Waals surface area contributed by atoms with Gasteiger partial charge < -0.3 is 15.0 Å². The molecule has 9 heteroatoms. The van der Waals surface area contributed by atoms with E-state index in [-0.39, 0.29) is 30.4 Å². The van der Waals surface area contributed by atoms with Gasteiger partial charge in [0.25, 0.3) is 5.56 Å². The van der Waals surface area contributed by atoms with E-state index in [9.17, 15) is 18.4 Å². The van der Waals surface area contributed by atoms with Crippen LogP contribution >= 0.6 is 0 Å². The highest BCUT2D eigenvalue weighted by atomic mass is 19.1. The van der Waals surface area contributed by atoms with Crippen molar-refractivity contribution in [1.82, 2.24) is 14.9 Å². The number of para-hydroxylation sites is 1. The Morgan fingerprint density at radius 2 is 2.00 bits per heavy atom. The zero-order valence-corrected chi connectivity index (χ0v) is 16.7. The van der Waals surface area contributed by atoms with Crippen molar-refractivity contribution in [3.8, 4) is 0 Å². The summed E-state index contributed by atoms with van der Waals surface area (Å²) in [5, 5.41) is 3.00. The Bertz CT molecular complexity index is 1120.